The van der Waals surface area contributed by atoms with Crippen LogP contribution >= 0.6 is 23.2 Å². The van der Waals surface area contributed by atoms with E-state index in [-0.39, 0.29) is 0 Å². The normalized spacial score (nSPS) is 23.2. The van der Waals surface area contributed by atoms with E-state index >= 15 is 0 Å². The predicted molar refractivity (Wildman–Crippen MR) is 80.9 cm³/mol. The Morgan fingerprint density at radius 1 is 1.16 bits per heavy atom. The Morgan fingerprint density at radius 2 is 1.89 bits per heavy atom. The van der Waals surface area contributed by atoms with E-state index in [9.17, 15) is 0 Å². The summed E-state index contributed by atoms with van der Waals surface area (Å²) in [5.41, 5.74) is 1.08. The van der Waals surface area contributed by atoms with Gasteiger partial charge in [-0.3, -0.25) is 4.90 Å². The van der Waals surface area contributed by atoms with Gasteiger partial charge in [-0.15, -0.1) is 0 Å². The molecular formula is C15H20Cl2N2. The molecule has 0 amide bonds. The molecule has 1 aliphatic carbocycles. The van der Waals surface area contributed by atoms with Crippen LogP contribution in [-0.2, 0) is 6.54 Å². The van der Waals surface area contributed by atoms with Crippen molar-refractivity contribution in [1.29, 1.82) is 0 Å². The molecule has 104 valence electrons. The van der Waals surface area contributed by atoms with E-state index in [1.165, 1.54) is 25.7 Å². The second-order valence-electron chi connectivity index (χ2n) is 5.65. The Kier molecular flexibility index (Phi) is 4.33. The maximum absolute atomic E-state index is 6.29. The summed E-state index contributed by atoms with van der Waals surface area (Å²) >= 11 is 12.6. The Balaban J connectivity index is 1.70. The van der Waals surface area contributed by atoms with Gasteiger partial charge in [-0.1, -0.05) is 29.3 Å². The molecule has 0 spiro atoms. The van der Waals surface area contributed by atoms with Crippen molar-refractivity contribution in [2.24, 2.45) is 0 Å². The van der Waals surface area contributed by atoms with Crippen molar-refractivity contribution in [1.82, 2.24) is 10.2 Å². The van der Waals surface area contributed by atoms with Crippen LogP contribution in [0.2, 0.25) is 10.0 Å². The molecule has 19 heavy (non-hydrogen) atoms. The predicted octanol–water partition coefficient (Wildman–Crippen LogP) is 3.71. The lowest BCUT2D eigenvalue weighted by atomic mass is 10.1. The highest BCUT2D eigenvalue weighted by atomic mass is 35.5. The number of hydrogen-bond acceptors (Lipinski definition) is 2. The molecule has 1 aromatic rings. The molecule has 3 rings (SSSR count). The van der Waals surface area contributed by atoms with E-state index in [1.54, 1.807) is 0 Å². The van der Waals surface area contributed by atoms with Gasteiger partial charge in [0.1, 0.15) is 0 Å². The third-order valence-corrected chi connectivity index (χ3v) is 4.81. The second-order valence-corrected chi connectivity index (χ2v) is 6.47. The third kappa shape index (κ3) is 3.43. The molecule has 1 unspecified atom stereocenters. The van der Waals surface area contributed by atoms with Crippen LogP contribution in [0.1, 0.15) is 31.2 Å². The number of nitrogens with one attached hydrogen (secondary N) is 1. The van der Waals surface area contributed by atoms with Crippen LogP contribution in [0, 0.1) is 0 Å². The molecule has 4 heteroatoms. The average Bonchev–Trinajstić information content (AvgIpc) is 3.11. The summed E-state index contributed by atoms with van der Waals surface area (Å²) in [6, 6.07) is 7.15. The van der Waals surface area contributed by atoms with E-state index < -0.39 is 0 Å². The van der Waals surface area contributed by atoms with Crippen LogP contribution in [0.15, 0.2) is 18.2 Å². The molecule has 0 bridgehead atoms. The van der Waals surface area contributed by atoms with Gasteiger partial charge in [-0.05, 0) is 44.4 Å². The quantitative estimate of drug-likeness (QED) is 0.891. The average molecular weight is 299 g/mol. The molecule has 1 atom stereocenters. The zero-order chi connectivity index (χ0) is 13.2. The standard InChI is InChI=1S/C15H20Cl2N2/c16-14-4-1-5-15(17)13(14)10-19(12-6-7-12)9-11-3-2-8-18-11/h1,4-5,11-12,18H,2-3,6-10H2. The van der Waals surface area contributed by atoms with Crippen LogP contribution in [0.5, 0.6) is 0 Å². The van der Waals surface area contributed by atoms with Crippen molar-refractivity contribution in [2.45, 2.75) is 44.3 Å². The summed E-state index contributed by atoms with van der Waals surface area (Å²) in [7, 11) is 0. The fourth-order valence-electron chi connectivity index (χ4n) is 2.86. The molecule has 1 saturated heterocycles. The minimum atomic E-state index is 0.641. The van der Waals surface area contributed by atoms with Crippen LogP contribution in [0.25, 0.3) is 0 Å². The zero-order valence-corrected chi connectivity index (χ0v) is 12.6. The number of nitrogens with zero attached hydrogens (tertiary/aromatic N) is 1. The Morgan fingerprint density at radius 3 is 2.47 bits per heavy atom. The number of benzene rings is 1. The van der Waals surface area contributed by atoms with Crippen molar-refractivity contribution < 1.29 is 0 Å². The van der Waals surface area contributed by atoms with Gasteiger partial charge >= 0.3 is 0 Å². The highest BCUT2D eigenvalue weighted by Gasteiger charge is 2.31. The lowest BCUT2D eigenvalue weighted by Crippen LogP contribution is -2.38. The molecule has 1 N–H and O–H groups in total. The van der Waals surface area contributed by atoms with Crippen LogP contribution < -0.4 is 5.32 Å². The fraction of sp³-hybridized carbons (Fsp3) is 0.600. The lowest BCUT2D eigenvalue weighted by Gasteiger charge is -2.26. The molecule has 1 saturated carbocycles. The van der Waals surface area contributed by atoms with E-state index in [0.717, 1.165) is 41.3 Å². The molecule has 2 nitrogen and oxygen atoms in total. The van der Waals surface area contributed by atoms with Gasteiger partial charge in [-0.25, -0.2) is 0 Å². The maximum atomic E-state index is 6.29. The van der Waals surface area contributed by atoms with Crippen molar-refractivity contribution in [3.63, 3.8) is 0 Å². The Labute approximate surface area is 125 Å². The molecule has 1 aromatic carbocycles. The first-order valence-electron chi connectivity index (χ1n) is 7.14. The number of hydrogen-bond donors (Lipinski definition) is 1. The van der Waals surface area contributed by atoms with Gasteiger partial charge in [0.2, 0.25) is 0 Å². The maximum Gasteiger partial charge on any atom is 0.0465 e. The van der Waals surface area contributed by atoms with Crippen molar-refractivity contribution in [2.75, 3.05) is 13.1 Å². The Hall–Kier alpha value is -0.280. The summed E-state index contributed by atoms with van der Waals surface area (Å²) in [6.07, 6.45) is 5.22. The van der Waals surface area contributed by atoms with Crippen LogP contribution in [0.4, 0.5) is 0 Å². The smallest absolute Gasteiger partial charge is 0.0465 e. The van der Waals surface area contributed by atoms with Gasteiger partial charge < -0.3 is 5.32 Å². The van der Waals surface area contributed by atoms with Crippen molar-refractivity contribution in [3.8, 4) is 0 Å². The van der Waals surface area contributed by atoms with Crippen LogP contribution in [-0.4, -0.2) is 30.1 Å². The first kappa shape index (κ1) is 13.7. The van der Waals surface area contributed by atoms with Gasteiger partial charge in [-0.2, -0.15) is 0 Å². The Bertz CT molecular complexity index is 420. The molecule has 1 heterocycles. The van der Waals surface area contributed by atoms with Gasteiger partial charge in [0.05, 0.1) is 0 Å². The van der Waals surface area contributed by atoms with Crippen LogP contribution in [0.3, 0.4) is 0 Å². The number of rotatable bonds is 5. The van der Waals surface area contributed by atoms with Crippen molar-refractivity contribution >= 4 is 23.2 Å². The van der Waals surface area contributed by atoms with Gasteiger partial charge in [0, 0.05) is 40.8 Å². The second kappa shape index (κ2) is 6.01. The molecule has 0 aromatic heterocycles. The van der Waals surface area contributed by atoms with E-state index in [4.69, 9.17) is 23.2 Å². The molecule has 2 aliphatic rings. The first-order chi connectivity index (χ1) is 9.24. The molecular weight excluding hydrogens is 279 g/mol. The summed E-state index contributed by atoms with van der Waals surface area (Å²) < 4.78 is 0. The largest absolute Gasteiger partial charge is 0.313 e. The third-order valence-electron chi connectivity index (χ3n) is 4.10. The number of halogens is 2. The fourth-order valence-corrected chi connectivity index (χ4v) is 3.38. The van der Waals surface area contributed by atoms with Gasteiger partial charge in [0.15, 0.2) is 0 Å². The SMILES string of the molecule is Clc1cccc(Cl)c1CN(CC1CCCN1)C1CC1. The molecule has 1 aliphatic heterocycles. The molecule has 0 radical (unpaired) electrons. The lowest BCUT2D eigenvalue weighted by molar-refractivity contribution is 0.231. The minimum absolute atomic E-state index is 0.641. The molecule has 2 fully saturated rings. The zero-order valence-electron chi connectivity index (χ0n) is 11.0. The first-order valence-corrected chi connectivity index (χ1v) is 7.90. The minimum Gasteiger partial charge on any atom is -0.313 e. The summed E-state index contributed by atoms with van der Waals surface area (Å²) in [5, 5.41) is 5.16. The highest BCUT2D eigenvalue weighted by molar-refractivity contribution is 6.35. The van der Waals surface area contributed by atoms with E-state index in [0.29, 0.717) is 6.04 Å². The van der Waals surface area contributed by atoms with Gasteiger partial charge in [0.25, 0.3) is 0 Å². The van der Waals surface area contributed by atoms with E-state index in [2.05, 4.69) is 10.2 Å². The summed E-state index contributed by atoms with van der Waals surface area (Å²) in [6.45, 7) is 3.16. The van der Waals surface area contributed by atoms with E-state index in [1.807, 2.05) is 18.2 Å². The summed E-state index contributed by atoms with van der Waals surface area (Å²) in [4.78, 5) is 2.55. The topological polar surface area (TPSA) is 15.3 Å². The monoisotopic (exact) mass is 298 g/mol. The summed E-state index contributed by atoms with van der Waals surface area (Å²) in [5.74, 6) is 0. The highest BCUT2D eigenvalue weighted by Crippen LogP contribution is 2.32. The van der Waals surface area contributed by atoms with Crippen molar-refractivity contribution in [3.05, 3.63) is 33.8 Å².